The van der Waals surface area contributed by atoms with Gasteiger partial charge in [-0.25, -0.2) is 4.39 Å². The summed E-state index contributed by atoms with van der Waals surface area (Å²) in [6.45, 7) is 6.45. The molecule has 0 heterocycles. The molecule has 5 heteroatoms. The van der Waals surface area contributed by atoms with Gasteiger partial charge in [-0.3, -0.25) is 9.59 Å². The van der Waals surface area contributed by atoms with Crippen molar-refractivity contribution >= 4 is 11.8 Å². The van der Waals surface area contributed by atoms with E-state index in [9.17, 15) is 14.0 Å². The van der Waals surface area contributed by atoms with Gasteiger partial charge in [-0.05, 0) is 29.7 Å². The molecule has 0 aliphatic rings. The third-order valence-electron chi connectivity index (χ3n) is 4.54. The maximum atomic E-state index is 13.3. The van der Waals surface area contributed by atoms with Crippen molar-refractivity contribution in [2.45, 2.75) is 46.2 Å². The summed E-state index contributed by atoms with van der Waals surface area (Å²) in [7, 11) is 0. The molecule has 150 valence electrons. The number of benzene rings is 2. The van der Waals surface area contributed by atoms with Gasteiger partial charge in [0.15, 0.2) is 0 Å². The molecule has 1 N–H and O–H groups in total. The van der Waals surface area contributed by atoms with Gasteiger partial charge in [0, 0.05) is 25.4 Å². The van der Waals surface area contributed by atoms with Crippen LogP contribution in [0.4, 0.5) is 4.39 Å². The fourth-order valence-electron chi connectivity index (χ4n) is 3.01. The fraction of sp³-hybridized carbons (Fsp3) is 0.391. The zero-order valence-corrected chi connectivity index (χ0v) is 16.8. The van der Waals surface area contributed by atoms with Crippen LogP contribution in [0.3, 0.4) is 0 Å². The molecule has 28 heavy (non-hydrogen) atoms. The Morgan fingerprint density at radius 2 is 1.64 bits per heavy atom. The number of nitrogens with one attached hydrogen (secondary N) is 1. The van der Waals surface area contributed by atoms with Gasteiger partial charge in [-0.15, -0.1) is 0 Å². The summed E-state index contributed by atoms with van der Waals surface area (Å²) in [5.74, 6) is -0.844. The molecule has 0 bridgehead atoms. The number of amides is 2. The Kier molecular flexibility index (Phi) is 8.18. The lowest BCUT2D eigenvalue weighted by molar-refractivity contribution is -0.143. The maximum absolute atomic E-state index is 13.3. The lowest BCUT2D eigenvalue weighted by Gasteiger charge is -2.32. The summed E-state index contributed by atoms with van der Waals surface area (Å²) in [5, 5.41) is 2.93. The van der Waals surface area contributed by atoms with Gasteiger partial charge in [0.1, 0.15) is 11.9 Å². The van der Waals surface area contributed by atoms with Crippen LogP contribution in [0.15, 0.2) is 54.6 Å². The maximum Gasteiger partial charge on any atom is 0.243 e. The van der Waals surface area contributed by atoms with Crippen molar-refractivity contribution in [2.75, 3.05) is 6.54 Å². The molecule has 0 saturated heterocycles. The molecule has 2 rings (SSSR count). The lowest BCUT2D eigenvalue weighted by atomic mass is 10.0. The van der Waals surface area contributed by atoms with Crippen LogP contribution in [-0.2, 0) is 22.6 Å². The van der Waals surface area contributed by atoms with Gasteiger partial charge < -0.3 is 10.2 Å². The topological polar surface area (TPSA) is 49.4 Å². The molecule has 0 fully saturated rings. The third-order valence-corrected chi connectivity index (χ3v) is 4.54. The van der Waals surface area contributed by atoms with E-state index >= 15 is 0 Å². The summed E-state index contributed by atoms with van der Waals surface area (Å²) in [6, 6.07) is 15.1. The summed E-state index contributed by atoms with van der Waals surface area (Å²) >= 11 is 0. The molecule has 2 amide bonds. The predicted molar refractivity (Wildman–Crippen MR) is 109 cm³/mol. The van der Waals surface area contributed by atoms with Crippen molar-refractivity contribution in [3.8, 4) is 0 Å². The van der Waals surface area contributed by atoms with Gasteiger partial charge >= 0.3 is 0 Å². The molecule has 0 aliphatic carbocycles. The van der Waals surface area contributed by atoms with Crippen LogP contribution in [0.1, 0.15) is 38.3 Å². The highest BCUT2D eigenvalue weighted by Gasteiger charge is 2.31. The Morgan fingerprint density at radius 3 is 2.21 bits per heavy atom. The first-order chi connectivity index (χ1) is 13.4. The highest BCUT2D eigenvalue weighted by molar-refractivity contribution is 5.88. The molecule has 1 atom stereocenters. The quantitative estimate of drug-likeness (QED) is 0.712. The molecule has 1 unspecified atom stereocenters. The Bertz CT molecular complexity index is 760. The van der Waals surface area contributed by atoms with Crippen molar-refractivity contribution in [3.63, 3.8) is 0 Å². The average Bonchev–Trinajstić information content (AvgIpc) is 2.70. The average molecular weight is 384 g/mol. The number of halogens is 1. The highest BCUT2D eigenvalue weighted by atomic mass is 19.1. The second kappa shape index (κ2) is 10.6. The summed E-state index contributed by atoms with van der Waals surface area (Å²) in [6.07, 6.45) is 1.25. The smallest absolute Gasteiger partial charge is 0.243 e. The monoisotopic (exact) mass is 384 g/mol. The molecule has 2 aromatic rings. The zero-order valence-electron chi connectivity index (χ0n) is 16.8. The van der Waals surface area contributed by atoms with E-state index in [0.29, 0.717) is 13.0 Å². The van der Waals surface area contributed by atoms with E-state index in [0.717, 1.165) is 17.5 Å². The van der Waals surface area contributed by atoms with Gasteiger partial charge in [-0.2, -0.15) is 0 Å². The van der Waals surface area contributed by atoms with Crippen LogP contribution in [-0.4, -0.2) is 29.3 Å². The molecule has 2 aromatic carbocycles. The van der Waals surface area contributed by atoms with Crippen LogP contribution in [0.25, 0.3) is 0 Å². The van der Waals surface area contributed by atoms with Crippen LogP contribution >= 0.6 is 0 Å². The molecule has 0 aliphatic heterocycles. The molecule has 4 nitrogen and oxygen atoms in total. The van der Waals surface area contributed by atoms with E-state index in [-0.39, 0.29) is 30.1 Å². The van der Waals surface area contributed by atoms with Crippen LogP contribution in [0.5, 0.6) is 0 Å². The first-order valence-corrected chi connectivity index (χ1v) is 9.79. The SMILES string of the molecule is CCCNC(=O)C(Cc1ccccc1)N(Cc1ccc(F)cc1)C(=O)C(C)C. The number of rotatable bonds is 9. The van der Waals surface area contributed by atoms with Gasteiger partial charge in [-0.1, -0.05) is 63.2 Å². The van der Waals surface area contributed by atoms with Gasteiger partial charge in [0.25, 0.3) is 0 Å². The minimum Gasteiger partial charge on any atom is -0.354 e. The Hall–Kier alpha value is -2.69. The highest BCUT2D eigenvalue weighted by Crippen LogP contribution is 2.17. The lowest BCUT2D eigenvalue weighted by Crippen LogP contribution is -2.51. The number of hydrogen-bond acceptors (Lipinski definition) is 2. The third kappa shape index (κ3) is 6.19. The largest absolute Gasteiger partial charge is 0.354 e. The van der Waals surface area contributed by atoms with Crippen molar-refractivity contribution < 1.29 is 14.0 Å². The molecule has 0 saturated carbocycles. The van der Waals surface area contributed by atoms with Crippen molar-refractivity contribution in [3.05, 3.63) is 71.5 Å². The first-order valence-electron chi connectivity index (χ1n) is 9.79. The number of hydrogen-bond donors (Lipinski definition) is 1. The van der Waals surface area contributed by atoms with E-state index in [1.54, 1.807) is 17.0 Å². The summed E-state index contributed by atoms with van der Waals surface area (Å²) in [5.41, 5.74) is 1.77. The Labute approximate surface area is 166 Å². The molecular weight excluding hydrogens is 355 g/mol. The summed E-state index contributed by atoms with van der Waals surface area (Å²) in [4.78, 5) is 27.6. The van der Waals surface area contributed by atoms with Crippen LogP contribution in [0, 0.1) is 11.7 Å². The van der Waals surface area contributed by atoms with Gasteiger partial charge in [0.05, 0.1) is 0 Å². The zero-order chi connectivity index (χ0) is 20.5. The molecule has 0 spiro atoms. The number of nitrogens with zero attached hydrogens (tertiary/aromatic N) is 1. The van der Waals surface area contributed by atoms with E-state index in [4.69, 9.17) is 0 Å². The molecule has 0 radical (unpaired) electrons. The minimum absolute atomic E-state index is 0.100. The summed E-state index contributed by atoms with van der Waals surface area (Å²) < 4.78 is 13.3. The normalized spacial score (nSPS) is 11.9. The van der Waals surface area contributed by atoms with E-state index in [1.807, 2.05) is 51.1 Å². The van der Waals surface area contributed by atoms with Crippen molar-refractivity contribution in [2.24, 2.45) is 5.92 Å². The van der Waals surface area contributed by atoms with Crippen molar-refractivity contribution in [1.82, 2.24) is 10.2 Å². The van der Waals surface area contributed by atoms with Crippen molar-refractivity contribution in [1.29, 1.82) is 0 Å². The standard InChI is InChI=1S/C23H29FN2O2/c1-4-14-25-22(27)21(15-18-8-6-5-7-9-18)26(23(28)17(2)3)16-19-10-12-20(24)13-11-19/h5-13,17,21H,4,14-16H2,1-3H3,(H,25,27). The molecule has 0 aromatic heterocycles. The van der Waals surface area contributed by atoms with E-state index in [1.165, 1.54) is 12.1 Å². The Balaban J connectivity index is 2.35. The number of carbonyl (C=O) groups excluding carboxylic acids is 2. The second-order valence-electron chi connectivity index (χ2n) is 7.24. The van der Waals surface area contributed by atoms with Gasteiger partial charge in [0.2, 0.25) is 11.8 Å². The molecular formula is C23H29FN2O2. The van der Waals surface area contributed by atoms with Crippen LogP contribution in [0.2, 0.25) is 0 Å². The number of carbonyl (C=O) groups is 2. The second-order valence-corrected chi connectivity index (χ2v) is 7.24. The van der Waals surface area contributed by atoms with E-state index < -0.39 is 6.04 Å². The first kappa shape index (κ1) is 21.6. The van der Waals surface area contributed by atoms with Crippen LogP contribution < -0.4 is 5.32 Å². The van der Waals surface area contributed by atoms with E-state index in [2.05, 4.69) is 5.32 Å². The minimum atomic E-state index is -0.631. The predicted octanol–water partition coefficient (Wildman–Crippen LogP) is 3.95. The Morgan fingerprint density at radius 1 is 1.00 bits per heavy atom. The fourth-order valence-corrected chi connectivity index (χ4v) is 3.01.